The fourth-order valence-corrected chi connectivity index (χ4v) is 2.92. The number of carbonyl (C=O) groups excluding carboxylic acids is 2. The van der Waals surface area contributed by atoms with E-state index in [0.29, 0.717) is 19.4 Å². The average molecular weight is 319 g/mol. The Morgan fingerprint density at radius 2 is 1.70 bits per heavy atom. The first-order valence-corrected chi connectivity index (χ1v) is 8.30. The van der Waals surface area contributed by atoms with Crippen molar-refractivity contribution in [3.05, 3.63) is 34.4 Å². The molecule has 128 valence electrons. The third kappa shape index (κ3) is 5.08. The Labute approximate surface area is 139 Å². The van der Waals surface area contributed by atoms with Crippen LogP contribution >= 0.6 is 0 Å². The molecule has 1 aromatic carbocycles. The molecule has 0 saturated carbocycles. The predicted octanol–water partition coefficient (Wildman–Crippen LogP) is 3.34. The summed E-state index contributed by atoms with van der Waals surface area (Å²) >= 11 is 0. The van der Waals surface area contributed by atoms with E-state index in [0.717, 1.165) is 23.1 Å². The van der Waals surface area contributed by atoms with Crippen molar-refractivity contribution in [3.8, 4) is 0 Å². The summed E-state index contributed by atoms with van der Waals surface area (Å²) in [5.74, 6) is -0.367. The molecule has 0 spiro atoms. The van der Waals surface area contributed by atoms with Gasteiger partial charge in [-0.3, -0.25) is 4.79 Å². The number of rotatable bonds is 7. The summed E-state index contributed by atoms with van der Waals surface area (Å²) in [6, 6.07) is 3.67. The van der Waals surface area contributed by atoms with E-state index in [1.54, 1.807) is 18.9 Å². The van der Waals surface area contributed by atoms with Crippen LogP contribution in [0, 0.1) is 20.8 Å². The largest absolute Gasteiger partial charge is 0.464 e. The van der Waals surface area contributed by atoms with Crippen molar-refractivity contribution in [2.45, 2.75) is 59.9 Å². The monoisotopic (exact) mass is 319 g/mol. The van der Waals surface area contributed by atoms with Gasteiger partial charge < -0.3 is 9.64 Å². The van der Waals surface area contributed by atoms with Crippen LogP contribution in [0.15, 0.2) is 12.1 Å². The van der Waals surface area contributed by atoms with Gasteiger partial charge in [0, 0.05) is 7.05 Å². The molecule has 4 heteroatoms. The van der Waals surface area contributed by atoms with Crippen LogP contribution in [0.2, 0.25) is 0 Å². The fourth-order valence-electron chi connectivity index (χ4n) is 2.92. The van der Waals surface area contributed by atoms with Crippen LogP contribution in [0.4, 0.5) is 0 Å². The second kappa shape index (κ2) is 8.70. The lowest BCUT2D eigenvalue weighted by molar-refractivity contribution is -0.154. The Hall–Kier alpha value is -1.84. The van der Waals surface area contributed by atoms with Gasteiger partial charge in [-0.2, -0.15) is 0 Å². The molecule has 0 bridgehead atoms. The maximum Gasteiger partial charge on any atom is 0.328 e. The molecule has 1 rings (SSSR count). The maximum atomic E-state index is 12.6. The molecule has 1 amide bonds. The van der Waals surface area contributed by atoms with Crippen molar-refractivity contribution in [2.24, 2.45) is 0 Å². The fraction of sp³-hybridized carbons (Fsp3) is 0.579. The van der Waals surface area contributed by atoms with E-state index in [1.165, 1.54) is 5.56 Å². The van der Waals surface area contributed by atoms with Crippen molar-refractivity contribution < 1.29 is 14.3 Å². The number of hydrogen-bond acceptors (Lipinski definition) is 3. The van der Waals surface area contributed by atoms with Gasteiger partial charge in [0.15, 0.2) is 0 Å². The van der Waals surface area contributed by atoms with Crippen LogP contribution in [-0.2, 0) is 20.7 Å². The molecule has 0 heterocycles. The Bertz CT molecular complexity index is 543. The summed E-state index contributed by atoms with van der Waals surface area (Å²) in [6.45, 7) is 10.2. The first-order chi connectivity index (χ1) is 10.8. The number of nitrogens with zero attached hydrogens (tertiary/aromatic N) is 1. The zero-order valence-electron chi connectivity index (χ0n) is 15.2. The van der Waals surface area contributed by atoms with E-state index in [1.807, 2.05) is 20.8 Å². The topological polar surface area (TPSA) is 46.6 Å². The summed E-state index contributed by atoms with van der Waals surface area (Å²) in [5, 5.41) is 0. The van der Waals surface area contributed by atoms with Gasteiger partial charge in [-0.25, -0.2) is 4.79 Å². The molecule has 0 radical (unpaired) electrons. The van der Waals surface area contributed by atoms with Crippen LogP contribution in [0.1, 0.15) is 48.9 Å². The number of esters is 1. The second-order valence-electron chi connectivity index (χ2n) is 6.12. The highest BCUT2D eigenvalue weighted by Gasteiger charge is 2.27. The highest BCUT2D eigenvalue weighted by molar-refractivity contribution is 5.86. The van der Waals surface area contributed by atoms with Crippen molar-refractivity contribution in [1.82, 2.24) is 4.90 Å². The van der Waals surface area contributed by atoms with E-state index in [9.17, 15) is 9.59 Å². The lowest BCUT2D eigenvalue weighted by Gasteiger charge is -2.27. The SMILES string of the molecule is CCCC(C(=O)OCC)N(C)C(=O)Cc1c(C)cc(C)cc1C. The number of hydrogen-bond donors (Lipinski definition) is 0. The number of amides is 1. The highest BCUT2D eigenvalue weighted by Crippen LogP contribution is 2.19. The molecular formula is C19H29NO3. The summed E-state index contributed by atoms with van der Waals surface area (Å²) in [6.07, 6.45) is 1.75. The number of likely N-dealkylation sites (N-methyl/N-ethyl adjacent to an activating group) is 1. The van der Waals surface area contributed by atoms with E-state index < -0.39 is 6.04 Å². The van der Waals surface area contributed by atoms with Crippen LogP contribution in [0.25, 0.3) is 0 Å². The molecule has 0 N–H and O–H groups in total. The van der Waals surface area contributed by atoms with E-state index in [2.05, 4.69) is 19.1 Å². The Morgan fingerprint density at radius 3 is 2.17 bits per heavy atom. The van der Waals surface area contributed by atoms with Gasteiger partial charge in [0.05, 0.1) is 13.0 Å². The second-order valence-corrected chi connectivity index (χ2v) is 6.12. The summed E-state index contributed by atoms with van der Waals surface area (Å²) in [5.41, 5.74) is 4.48. The van der Waals surface area contributed by atoms with E-state index in [4.69, 9.17) is 4.74 Å². The standard InChI is InChI=1S/C19H29NO3/c1-7-9-17(19(22)23-8-2)20(6)18(21)12-16-14(4)10-13(3)11-15(16)5/h10-11,17H,7-9,12H2,1-6H3. The zero-order chi connectivity index (χ0) is 17.6. The lowest BCUT2D eigenvalue weighted by Crippen LogP contribution is -2.44. The predicted molar refractivity (Wildman–Crippen MR) is 92.5 cm³/mol. The van der Waals surface area contributed by atoms with Crippen molar-refractivity contribution in [2.75, 3.05) is 13.7 Å². The molecule has 0 aliphatic rings. The Morgan fingerprint density at radius 1 is 1.13 bits per heavy atom. The molecule has 0 aliphatic heterocycles. The van der Waals surface area contributed by atoms with Crippen molar-refractivity contribution in [1.29, 1.82) is 0 Å². The van der Waals surface area contributed by atoms with Crippen LogP contribution in [-0.4, -0.2) is 36.5 Å². The molecular weight excluding hydrogens is 290 g/mol. The molecule has 0 aliphatic carbocycles. The smallest absolute Gasteiger partial charge is 0.328 e. The number of carbonyl (C=O) groups is 2. The normalized spacial score (nSPS) is 11.9. The van der Waals surface area contributed by atoms with Gasteiger partial charge in [0.1, 0.15) is 6.04 Å². The van der Waals surface area contributed by atoms with Crippen LogP contribution in [0.3, 0.4) is 0 Å². The number of benzene rings is 1. The molecule has 1 unspecified atom stereocenters. The minimum atomic E-state index is -0.501. The Kier molecular flexibility index (Phi) is 7.27. The molecule has 1 atom stereocenters. The number of ether oxygens (including phenoxy) is 1. The third-order valence-corrected chi connectivity index (χ3v) is 4.15. The van der Waals surface area contributed by atoms with E-state index >= 15 is 0 Å². The van der Waals surface area contributed by atoms with Gasteiger partial charge in [-0.1, -0.05) is 31.0 Å². The summed E-state index contributed by atoms with van der Waals surface area (Å²) in [4.78, 5) is 26.3. The van der Waals surface area contributed by atoms with Gasteiger partial charge in [0.25, 0.3) is 0 Å². The van der Waals surface area contributed by atoms with Gasteiger partial charge in [0.2, 0.25) is 5.91 Å². The average Bonchev–Trinajstić information content (AvgIpc) is 2.47. The number of aryl methyl sites for hydroxylation is 3. The molecule has 0 fully saturated rings. The van der Waals surface area contributed by atoms with Crippen LogP contribution < -0.4 is 0 Å². The highest BCUT2D eigenvalue weighted by atomic mass is 16.5. The minimum Gasteiger partial charge on any atom is -0.464 e. The molecule has 0 aromatic heterocycles. The summed E-state index contributed by atoms with van der Waals surface area (Å²) < 4.78 is 5.11. The van der Waals surface area contributed by atoms with Gasteiger partial charge in [-0.15, -0.1) is 0 Å². The lowest BCUT2D eigenvalue weighted by atomic mass is 9.96. The zero-order valence-corrected chi connectivity index (χ0v) is 15.2. The van der Waals surface area contributed by atoms with Crippen molar-refractivity contribution in [3.63, 3.8) is 0 Å². The molecule has 4 nitrogen and oxygen atoms in total. The minimum absolute atomic E-state index is 0.0495. The maximum absolute atomic E-state index is 12.6. The Balaban J connectivity index is 2.92. The molecule has 0 saturated heterocycles. The molecule has 1 aromatic rings. The van der Waals surface area contributed by atoms with E-state index in [-0.39, 0.29) is 11.9 Å². The van der Waals surface area contributed by atoms with Crippen molar-refractivity contribution >= 4 is 11.9 Å². The quantitative estimate of drug-likeness (QED) is 0.724. The summed E-state index contributed by atoms with van der Waals surface area (Å²) in [7, 11) is 1.69. The van der Waals surface area contributed by atoms with Gasteiger partial charge in [-0.05, 0) is 50.8 Å². The first-order valence-electron chi connectivity index (χ1n) is 8.30. The van der Waals surface area contributed by atoms with Crippen LogP contribution in [0.5, 0.6) is 0 Å². The molecule has 23 heavy (non-hydrogen) atoms. The first kappa shape index (κ1) is 19.2. The third-order valence-electron chi connectivity index (χ3n) is 4.15. The van der Waals surface area contributed by atoms with Gasteiger partial charge >= 0.3 is 5.97 Å².